The molecule has 1 unspecified atom stereocenters. The lowest BCUT2D eigenvalue weighted by Crippen LogP contribution is -2.29. The van der Waals surface area contributed by atoms with E-state index >= 15 is 0 Å². The summed E-state index contributed by atoms with van der Waals surface area (Å²) >= 11 is 1.69. The van der Waals surface area contributed by atoms with E-state index in [4.69, 9.17) is 5.11 Å². The molecule has 110 valence electrons. The van der Waals surface area contributed by atoms with Gasteiger partial charge >= 0.3 is 0 Å². The number of sulfonamides is 1. The van der Waals surface area contributed by atoms with Crippen LogP contribution in [-0.4, -0.2) is 38.7 Å². The Labute approximate surface area is 125 Å². The van der Waals surface area contributed by atoms with Crippen molar-refractivity contribution in [3.05, 3.63) is 29.8 Å². The van der Waals surface area contributed by atoms with Crippen molar-refractivity contribution in [3.63, 3.8) is 0 Å². The molecule has 20 heavy (non-hydrogen) atoms. The molecule has 4 nitrogen and oxygen atoms in total. The Bertz CT molecular complexity index is 588. The first-order valence-corrected chi connectivity index (χ1v) is 9.05. The standard InChI is InChI=1S/C14H19NO3S2/c1-12(11-19-2)10-15-20(17,18)14-7-3-5-13(9-14)6-4-8-16/h3,5,7,9,12,15-16H,8,10-11H2,1-2H3. The molecular formula is C14H19NO3S2. The average molecular weight is 313 g/mol. The highest BCUT2D eigenvalue weighted by Gasteiger charge is 2.15. The van der Waals surface area contributed by atoms with E-state index in [1.165, 1.54) is 12.1 Å². The number of nitrogens with one attached hydrogen (secondary N) is 1. The van der Waals surface area contributed by atoms with Gasteiger partial charge in [-0.25, -0.2) is 13.1 Å². The zero-order chi connectivity index (χ0) is 15.0. The van der Waals surface area contributed by atoms with Gasteiger partial charge in [0.05, 0.1) is 4.90 Å². The monoisotopic (exact) mass is 313 g/mol. The highest BCUT2D eigenvalue weighted by atomic mass is 32.2. The molecule has 1 rings (SSSR count). The quantitative estimate of drug-likeness (QED) is 0.777. The van der Waals surface area contributed by atoms with Crippen molar-refractivity contribution in [1.29, 1.82) is 0 Å². The molecule has 0 bridgehead atoms. The van der Waals surface area contributed by atoms with Gasteiger partial charge in [-0.3, -0.25) is 0 Å². The summed E-state index contributed by atoms with van der Waals surface area (Å²) in [5.41, 5.74) is 0.569. The fourth-order valence-corrected chi connectivity index (χ4v) is 3.46. The summed E-state index contributed by atoms with van der Waals surface area (Å²) in [5.74, 6) is 6.38. The van der Waals surface area contributed by atoms with Crippen LogP contribution in [0.15, 0.2) is 29.2 Å². The largest absolute Gasteiger partial charge is 0.384 e. The predicted molar refractivity (Wildman–Crippen MR) is 83.1 cm³/mol. The molecule has 0 saturated heterocycles. The van der Waals surface area contributed by atoms with Crippen LogP contribution in [0.1, 0.15) is 12.5 Å². The Morgan fingerprint density at radius 3 is 2.85 bits per heavy atom. The first-order valence-electron chi connectivity index (χ1n) is 6.18. The van der Waals surface area contributed by atoms with Crippen molar-refractivity contribution in [2.45, 2.75) is 11.8 Å². The van der Waals surface area contributed by atoms with E-state index in [1.807, 2.05) is 13.2 Å². The maximum atomic E-state index is 12.2. The summed E-state index contributed by atoms with van der Waals surface area (Å²) in [4.78, 5) is 0.193. The van der Waals surface area contributed by atoms with Crippen LogP contribution in [0.2, 0.25) is 0 Å². The van der Waals surface area contributed by atoms with Crippen LogP contribution < -0.4 is 4.72 Å². The molecule has 0 amide bonds. The van der Waals surface area contributed by atoms with Crippen LogP contribution in [0.4, 0.5) is 0 Å². The Balaban J connectivity index is 2.82. The van der Waals surface area contributed by atoms with Crippen LogP contribution in [-0.2, 0) is 10.0 Å². The average Bonchev–Trinajstić information content (AvgIpc) is 2.44. The first kappa shape index (κ1) is 17.1. The third-order valence-corrected chi connectivity index (χ3v) is 4.85. The zero-order valence-electron chi connectivity index (χ0n) is 11.6. The summed E-state index contributed by atoms with van der Waals surface area (Å²) in [7, 11) is -3.51. The number of aliphatic hydroxyl groups excluding tert-OH is 1. The molecule has 0 aromatic heterocycles. The molecule has 1 aromatic carbocycles. The molecule has 0 radical (unpaired) electrons. The Hall–Kier alpha value is -1.00. The van der Waals surface area contributed by atoms with E-state index in [-0.39, 0.29) is 17.4 Å². The molecule has 2 N–H and O–H groups in total. The fraction of sp³-hybridized carbons (Fsp3) is 0.429. The van der Waals surface area contributed by atoms with Crippen molar-refractivity contribution in [2.24, 2.45) is 5.92 Å². The molecule has 0 fully saturated rings. The van der Waals surface area contributed by atoms with E-state index < -0.39 is 10.0 Å². The molecule has 1 aromatic rings. The lowest BCUT2D eigenvalue weighted by molar-refractivity contribution is 0.350. The van der Waals surface area contributed by atoms with Gasteiger partial charge in [-0.2, -0.15) is 11.8 Å². The molecule has 0 aliphatic heterocycles. The number of benzene rings is 1. The minimum atomic E-state index is -3.51. The normalized spacial score (nSPS) is 12.6. The Morgan fingerprint density at radius 1 is 1.45 bits per heavy atom. The molecule has 0 saturated carbocycles. The highest BCUT2D eigenvalue weighted by molar-refractivity contribution is 7.98. The van der Waals surface area contributed by atoms with E-state index in [0.29, 0.717) is 12.1 Å². The maximum absolute atomic E-state index is 12.2. The SMILES string of the molecule is CSCC(C)CNS(=O)(=O)c1cccc(C#CCO)c1. The third kappa shape index (κ3) is 5.55. The van der Waals surface area contributed by atoms with E-state index in [0.717, 1.165) is 5.75 Å². The topological polar surface area (TPSA) is 66.4 Å². The second-order valence-electron chi connectivity index (χ2n) is 4.40. The Kier molecular flexibility index (Phi) is 7.10. The van der Waals surface area contributed by atoms with Crippen molar-refractivity contribution in [1.82, 2.24) is 4.72 Å². The van der Waals surface area contributed by atoms with Gasteiger partial charge in [0, 0.05) is 12.1 Å². The van der Waals surface area contributed by atoms with Crippen LogP contribution in [0.5, 0.6) is 0 Å². The van der Waals surface area contributed by atoms with Gasteiger partial charge in [0.15, 0.2) is 0 Å². The smallest absolute Gasteiger partial charge is 0.240 e. The minimum Gasteiger partial charge on any atom is -0.384 e. The second-order valence-corrected chi connectivity index (χ2v) is 7.08. The number of rotatable bonds is 6. The summed E-state index contributed by atoms with van der Waals surface area (Å²) in [6.45, 7) is 2.17. The zero-order valence-corrected chi connectivity index (χ0v) is 13.2. The molecule has 1 atom stereocenters. The lowest BCUT2D eigenvalue weighted by atomic mass is 10.2. The third-order valence-electron chi connectivity index (χ3n) is 2.53. The maximum Gasteiger partial charge on any atom is 0.240 e. The number of aliphatic hydroxyl groups is 1. The molecule has 0 spiro atoms. The van der Waals surface area contributed by atoms with E-state index in [2.05, 4.69) is 16.6 Å². The van der Waals surface area contributed by atoms with Gasteiger partial charge in [0.2, 0.25) is 10.0 Å². The summed E-state index contributed by atoms with van der Waals surface area (Å²) in [5, 5.41) is 8.65. The van der Waals surface area contributed by atoms with Gasteiger partial charge < -0.3 is 5.11 Å². The van der Waals surface area contributed by atoms with Gasteiger partial charge in [0.25, 0.3) is 0 Å². The van der Waals surface area contributed by atoms with E-state index in [9.17, 15) is 8.42 Å². The first-order chi connectivity index (χ1) is 9.49. The van der Waals surface area contributed by atoms with E-state index in [1.54, 1.807) is 23.9 Å². The number of hydrogen-bond donors (Lipinski definition) is 2. The van der Waals surface area contributed by atoms with Gasteiger partial charge in [0.1, 0.15) is 6.61 Å². The molecule has 6 heteroatoms. The molecule has 0 heterocycles. The summed E-state index contributed by atoms with van der Waals surface area (Å²) in [6.07, 6.45) is 1.99. The molecular weight excluding hydrogens is 294 g/mol. The van der Waals surface area contributed by atoms with Crippen LogP contribution in [0.3, 0.4) is 0 Å². The van der Waals surface area contributed by atoms with Crippen LogP contribution in [0, 0.1) is 17.8 Å². The van der Waals surface area contributed by atoms with Gasteiger partial charge in [-0.05, 0) is 36.1 Å². The van der Waals surface area contributed by atoms with Crippen LogP contribution >= 0.6 is 11.8 Å². The molecule has 0 aliphatic carbocycles. The lowest BCUT2D eigenvalue weighted by Gasteiger charge is -2.11. The number of thioether (sulfide) groups is 1. The predicted octanol–water partition coefficient (Wildman–Crippen LogP) is 1.31. The second kappa shape index (κ2) is 8.32. The van der Waals surface area contributed by atoms with Crippen molar-refractivity contribution >= 4 is 21.8 Å². The van der Waals surface area contributed by atoms with Gasteiger partial charge in [-0.15, -0.1) is 0 Å². The Morgan fingerprint density at radius 2 is 2.20 bits per heavy atom. The van der Waals surface area contributed by atoms with Crippen molar-refractivity contribution < 1.29 is 13.5 Å². The molecule has 0 aliphatic rings. The van der Waals surface area contributed by atoms with Crippen LogP contribution in [0.25, 0.3) is 0 Å². The summed E-state index contributed by atoms with van der Waals surface area (Å²) in [6, 6.07) is 6.38. The van der Waals surface area contributed by atoms with Gasteiger partial charge in [-0.1, -0.05) is 24.8 Å². The van der Waals surface area contributed by atoms with Crippen molar-refractivity contribution in [2.75, 3.05) is 25.2 Å². The highest BCUT2D eigenvalue weighted by Crippen LogP contribution is 2.12. The fourth-order valence-electron chi connectivity index (χ4n) is 1.56. The number of hydrogen-bond acceptors (Lipinski definition) is 4. The minimum absolute atomic E-state index is 0.193. The summed E-state index contributed by atoms with van der Waals surface area (Å²) < 4.78 is 26.9. The van der Waals surface area contributed by atoms with Crippen molar-refractivity contribution in [3.8, 4) is 11.8 Å².